The van der Waals surface area contributed by atoms with Crippen LogP contribution in [-0.2, 0) is 16.1 Å². The maximum atomic E-state index is 12.1. The molecule has 0 unspecified atom stereocenters. The van der Waals surface area contributed by atoms with E-state index < -0.39 is 5.97 Å². The van der Waals surface area contributed by atoms with Gasteiger partial charge in [-0.2, -0.15) is 0 Å². The zero-order valence-electron chi connectivity index (χ0n) is 12.5. The summed E-state index contributed by atoms with van der Waals surface area (Å²) in [5.74, 6) is -1.42. The van der Waals surface area contributed by atoms with Gasteiger partial charge in [0.1, 0.15) is 0 Å². The summed E-state index contributed by atoms with van der Waals surface area (Å²) in [6.07, 6.45) is 1.69. The van der Waals surface area contributed by atoms with Crippen LogP contribution in [-0.4, -0.2) is 36.0 Å². The molecule has 0 aliphatic heterocycles. The number of nitrogens with one attached hydrogen (secondary N) is 1. The lowest BCUT2D eigenvalue weighted by Gasteiger charge is -2.12. The first-order chi connectivity index (χ1) is 9.95. The number of hydrogen-bond acceptors (Lipinski definition) is 3. The number of carboxylic acids is 1. The van der Waals surface area contributed by atoms with Crippen molar-refractivity contribution in [2.75, 3.05) is 19.4 Å². The summed E-state index contributed by atoms with van der Waals surface area (Å²) >= 11 is 0. The zero-order valence-corrected chi connectivity index (χ0v) is 12.5. The fourth-order valence-electron chi connectivity index (χ4n) is 2.75. The topological polar surface area (TPSA) is 69.6 Å². The molecule has 114 valence electrons. The Kier molecular flexibility index (Phi) is 4.96. The first kappa shape index (κ1) is 15.5. The van der Waals surface area contributed by atoms with Crippen LogP contribution in [0.25, 0.3) is 0 Å². The van der Waals surface area contributed by atoms with Crippen LogP contribution >= 0.6 is 0 Å². The summed E-state index contributed by atoms with van der Waals surface area (Å²) in [5.41, 5.74) is 1.95. The highest BCUT2D eigenvalue weighted by molar-refractivity contribution is 5.93. The van der Waals surface area contributed by atoms with Gasteiger partial charge in [0.05, 0.1) is 5.92 Å². The lowest BCUT2D eigenvalue weighted by atomic mass is 10.0. The van der Waals surface area contributed by atoms with Gasteiger partial charge in [0, 0.05) is 18.2 Å². The van der Waals surface area contributed by atoms with E-state index in [2.05, 4.69) is 10.2 Å². The number of amides is 1. The number of aliphatic carboxylic acids is 1. The van der Waals surface area contributed by atoms with Gasteiger partial charge in [0.2, 0.25) is 5.91 Å². The quantitative estimate of drug-likeness (QED) is 0.872. The second-order valence-electron chi connectivity index (χ2n) is 5.97. The van der Waals surface area contributed by atoms with Crippen LogP contribution in [0.5, 0.6) is 0 Å². The van der Waals surface area contributed by atoms with Gasteiger partial charge in [0.15, 0.2) is 0 Å². The van der Waals surface area contributed by atoms with Crippen molar-refractivity contribution in [3.05, 3.63) is 29.8 Å². The molecule has 5 nitrogen and oxygen atoms in total. The molecule has 1 aliphatic rings. The number of rotatable bonds is 5. The zero-order chi connectivity index (χ0) is 15.4. The van der Waals surface area contributed by atoms with E-state index in [-0.39, 0.29) is 17.7 Å². The van der Waals surface area contributed by atoms with E-state index in [9.17, 15) is 9.59 Å². The van der Waals surface area contributed by atoms with Crippen molar-refractivity contribution in [2.24, 2.45) is 11.8 Å². The minimum Gasteiger partial charge on any atom is -0.481 e. The van der Waals surface area contributed by atoms with Gasteiger partial charge < -0.3 is 15.3 Å². The molecule has 0 aromatic heterocycles. The van der Waals surface area contributed by atoms with E-state index in [0.29, 0.717) is 19.3 Å². The highest BCUT2D eigenvalue weighted by atomic mass is 16.4. The number of benzene rings is 1. The Hall–Kier alpha value is -1.88. The van der Waals surface area contributed by atoms with Crippen molar-refractivity contribution in [3.63, 3.8) is 0 Å². The molecule has 1 aliphatic carbocycles. The van der Waals surface area contributed by atoms with Gasteiger partial charge in [-0.15, -0.1) is 0 Å². The van der Waals surface area contributed by atoms with Crippen LogP contribution < -0.4 is 5.32 Å². The molecular formula is C16H22N2O3. The number of nitrogens with zero attached hydrogens (tertiary/aromatic N) is 1. The molecule has 0 bridgehead atoms. The summed E-state index contributed by atoms with van der Waals surface area (Å²) in [6, 6.07) is 7.76. The Morgan fingerprint density at radius 1 is 1.19 bits per heavy atom. The summed E-state index contributed by atoms with van der Waals surface area (Å²) in [5, 5.41) is 11.8. The normalized spacial score (nSPS) is 21.5. The minimum atomic E-state index is -0.793. The number of carbonyl (C=O) groups excluding carboxylic acids is 1. The predicted molar refractivity (Wildman–Crippen MR) is 80.9 cm³/mol. The maximum Gasteiger partial charge on any atom is 0.306 e. The maximum absolute atomic E-state index is 12.1. The standard InChI is InChI=1S/C16H22N2O3/c1-18(2)10-11-3-7-14(8-4-11)17-15(19)12-5-6-13(9-12)16(20)21/h3-4,7-8,12-13H,5-6,9-10H2,1-2H3,(H,17,19)(H,20,21)/t12-,13+/m1/s1. The van der Waals surface area contributed by atoms with Crippen molar-refractivity contribution < 1.29 is 14.7 Å². The van der Waals surface area contributed by atoms with Crippen LogP contribution in [0.4, 0.5) is 5.69 Å². The first-order valence-electron chi connectivity index (χ1n) is 7.23. The smallest absolute Gasteiger partial charge is 0.306 e. The van der Waals surface area contributed by atoms with Crippen molar-refractivity contribution in [3.8, 4) is 0 Å². The summed E-state index contributed by atoms with van der Waals surface area (Å²) in [4.78, 5) is 25.1. The molecule has 1 saturated carbocycles. The largest absolute Gasteiger partial charge is 0.481 e. The van der Waals surface area contributed by atoms with E-state index in [1.165, 1.54) is 5.56 Å². The molecule has 21 heavy (non-hydrogen) atoms. The van der Waals surface area contributed by atoms with E-state index in [4.69, 9.17) is 5.11 Å². The van der Waals surface area contributed by atoms with Gasteiger partial charge in [-0.3, -0.25) is 9.59 Å². The molecule has 2 N–H and O–H groups in total. The molecule has 1 aromatic carbocycles. The third-order valence-electron chi connectivity index (χ3n) is 3.87. The minimum absolute atomic E-state index is 0.0703. The Balaban J connectivity index is 1.89. The Labute approximate surface area is 125 Å². The van der Waals surface area contributed by atoms with Gasteiger partial charge in [0.25, 0.3) is 0 Å². The highest BCUT2D eigenvalue weighted by Gasteiger charge is 2.33. The Morgan fingerprint density at radius 2 is 1.81 bits per heavy atom. The van der Waals surface area contributed by atoms with Gasteiger partial charge >= 0.3 is 5.97 Å². The fraction of sp³-hybridized carbons (Fsp3) is 0.500. The molecule has 1 fully saturated rings. The van der Waals surface area contributed by atoms with Crippen molar-refractivity contribution in [1.29, 1.82) is 0 Å². The van der Waals surface area contributed by atoms with Crippen LogP contribution in [0.3, 0.4) is 0 Å². The second kappa shape index (κ2) is 6.72. The van der Waals surface area contributed by atoms with Crippen molar-refractivity contribution in [1.82, 2.24) is 4.90 Å². The van der Waals surface area contributed by atoms with E-state index in [0.717, 1.165) is 12.2 Å². The molecule has 0 heterocycles. The van der Waals surface area contributed by atoms with Crippen LogP contribution in [0.1, 0.15) is 24.8 Å². The van der Waals surface area contributed by atoms with Crippen LogP contribution in [0.2, 0.25) is 0 Å². The molecule has 1 amide bonds. The molecule has 2 rings (SSSR count). The number of carboxylic acid groups (broad SMARTS) is 1. The van der Waals surface area contributed by atoms with Crippen molar-refractivity contribution in [2.45, 2.75) is 25.8 Å². The predicted octanol–water partition coefficient (Wildman–Crippen LogP) is 2.19. The summed E-state index contributed by atoms with van der Waals surface area (Å²) in [6.45, 7) is 0.858. The third kappa shape index (κ3) is 4.29. The fourth-order valence-corrected chi connectivity index (χ4v) is 2.75. The van der Waals surface area contributed by atoms with Gasteiger partial charge in [-0.05, 0) is 51.1 Å². The Bertz CT molecular complexity index is 511. The Morgan fingerprint density at radius 3 is 2.33 bits per heavy atom. The SMILES string of the molecule is CN(C)Cc1ccc(NC(=O)[C@@H]2CC[C@H](C(=O)O)C2)cc1. The molecule has 2 atom stereocenters. The first-order valence-corrected chi connectivity index (χ1v) is 7.23. The molecule has 0 saturated heterocycles. The van der Waals surface area contributed by atoms with Gasteiger partial charge in [-0.25, -0.2) is 0 Å². The highest BCUT2D eigenvalue weighted by Crippen LogP contribution is 2.31. The van der Waals surface area contributed by atoms with Crippen LogP contribution in [0, 0.1) is 11.8 Å². The molecule has 1 aromatic rings. The monoisotopic (exact) mass is 290 g/mol. The second-order valence-corrected chi connectivity index (χ2v) is 5.97. The van der Waals surface area contributed by atoms with E-state index in [1.54, 1.807) is 0 Å². The molecule has 0 spiro atoms. The molecule has 5 heteroatoms. The van der Waals surface area contributed by atoms with Gasteiger partial charge in [-0.1, -0.05) is 12.1 Å². The summed E-state index contributed by atoms with van der Waals surface area (Å²) in [7, 11) is 4.02. The number of anilines is 1. The van der Waals surface area contributed by atoms with Crippen molar-refractivity contribution >= 4 is 17.6 Å². The lowest BCUT2D eigenvalue weighted by molar-refractivity contribution is -0.141. The van der Waals surface area contributed by atoms with E-state index >= 15 is 0 Å². The average molecular weight is 290 g/mol. The third-order valence-corrected chi connectivity index (χ3v) is 3.87. The average Bonchev–Trinajstić information content (AvgIpc) is 2.90. The van der Waals surface area contributed by atoms with Crippen LogP contribution in [0.15, 0.2) is 24.3 Å². The number of hydrogen-bond donors (Lipinski definition) is 2. The number of carbonyl (C=O) groups is 2. The lowest BCUT2D eigenvalue weighted by Crippen LogP contribution is -2.21. The summed E-state index contributed by atoms with van der Waals surface area (Å²) < 4.78 is 0. The molecular weight excluding hydrogens is 268 g/mol. The van der Waals surface area contributed by atoms with E-state index in [1.807, 2.05) is 38.4 Å². The molecule has 0 radical (unpaired) electrons.